The maximum atomic E-state index is 10.8. The molecule has 6 heteroatoms. The molecule has 50 valence electrons. The van der Waals surface area contributed by atoms with Gasteiger partial charge in [-0.1, -0.05) is 0 Å². The topological polar surface area (TPSA) is 71.5 Å². The lowest BCUT2D eigenvalue weighted by Crippen LogP contribution is -2.06. The molecule has 0 amide bonds. The van der Waals surface area contributed by atoms with Gasteiger partial charge in [0.2, 0.25) is 0 Å². The van der Waals surface area contributed by atoms with Crippen LogP contribution in [0.2, 0.25) is 0 Å². The molecule has 0 atom stereocenters. The van der Waals surface area contributed by atoms with E-state index in [2.05, 4.69) is 18.9 Å². The maximum Gasteiger partial charge on any atom is 0.293 e. The molecule has 0 aliphatic carbocycles. The highest BCUT2D eigenvalue weighted by Crippen LogP contribution is 2.01. The van der Waals surface area contributed by atoms with Crippen LogP contribution in [-0.4, -0.2) is 18.9 Å². The molecule has 0 radical (unpaired) electrons. The Balaban J connectivity index is 3.09. The van der Waals surface area contributed by atoms with Crippen molar-refractivity contribution in [3.8, 4) is 0 Å². The molecule has 0 fully saturated rings. The third-order valence-corrected chi connectivity index (χ3v) is 1.62. The fourth-order valence-electron chi connectivity index (χ4n) is 0.643. The smallest absolute Gasteiger partial charge is 0.265 e. The molecule has 0 bridgehead atoms. The highest BCUT2D eigenvalue weighted by Gasteiger charge is 2.00. The van der Waals surface area contributed by atoms with E-state index in [-0.39, 0.29) is 5.56 Å². The van der Waals surface area contributed by atoms with Gasteiger partial charge in [0.1, 0.15) is 5.52 Å². The van der Waals surface area contributed by atoms with Crippen LogP contribution in [0.15, 0.2) is 11.0 Å². The van der Waals surface area contributed by atoms with Gasteiger partial charge in [0.15, 0.2) is 5.52 Å². The van der Waals surface area contributed by atoms with Gasteiger partial charge >= 0.3 is 0 Å². The van der Waals surface area contributed by atoms with Gasteiger partial charge in [-0.2, -0.15) is 13.8 Å². The largest absolute Gasteiger partial charge is 0.293 e. The molecule has 0 aromatic carbocycles. The van der Waals surface area contributed by atoms with Crippen molar-refractivity contribution in [2.45, 2.75) is 0 Å². The van der Waals surface area contributed by atoms with Gasteiger partial charge < -0.3 is 0 Å². The van der Waals surface area contributed by atoms with E-state index in [4.69, 9.17) is 0 Å². The summed E-state index contributed by atoms with van der Waals surface area (Å²) in [6, 6.07) is 0. The number of nitrogens with zero attached hydrogens (tertiary/aromatic N) is 3. The van der Waals surface area contributed by atoms with Crippen molar-refractivity contribution < 1.29 is 0 Å². The zero-order chi connectivity index (χ0) is 6.97. The van der Waals surface area contributed by atoms with Gasteiger partial charge in [-0.05, 0) is 0 Å². The Morgan fingerprint density at radius 3 is 3.20 bits per heavy atom. The van der Waals surface area contributed by atoms with E-state index in [1.54, 1.807) is 0 Å². The van der Waals surface area contributed by atoms with E-state index >= 15 is 0 Å². The quantitative estimate of drug-likeness (QED) is 0.569. The number of nitrogens with one attached hydrogen (secondary N) is 1. The monoisotopic (exact) mass is 154 g/mol. The summed E-state index contributed by atoms with van der Waals surface area (Å²) in [4.78, 5) is 10.8. The minimum Gasteiger partial charge on any atom is -0.265 e. The van der Waals surface area contributed by atoms with Crippen LogP contribution < -0.4 is 5.56 Å². The fraction of sp³-hybridized carbons (Fsp3) is 0. The number of H-pyrrole nitrogens is 1. The number of aromatic nitrogens is 4. The molecule has 5 nitrogen and oxygen atoms in total. The van der Waals surface area contributed by atoms with E-state index in [1.807, 2.05) is 0 Å². The first kappa shape index (κ1) is 5.48. The number of hydrogen-bond acceptors (Lipinski definition) is 5. The van der Waals surface area contributed by atoms with Gasteiger partial charge in [-0.25, -0.2) is 5.10 Å². The molecular formula is C4H2N4OS. The first-order chi connectivity index (χ1) is 4.88. The molecule has 0 saturated carbocycles. The van der Waals surface area contributed by atoms with Gasteiger partial charge in [0, 0.05) is 0 Å². The Kier molecular flexibility index (Phi) is 1.01. The zero-order valence-electron chi connectivity index (χ0n) is 4.74. The second kappa shape index (κ2) is 1.84. The molecule has 2 aromatic heterocycles. The molecule has 2 aromatic rings. The Labute approximate surface area is 59.0 Å². The molecule has 0 saturated heterocycles. The normalized spacial score (nSPS) is 10.4. The van der Waals surface area contributed by atoms with Crippen molar-refractivity contribution in [3.05, 3.63) is 16.6 Å². The summed E-state index contributed by atoms with van der Waals surface area (Å²) in [7, 11) is 0. The van der Waals surface area contributed by atoms with Crippen molar-refractivity contribution in [2.75, 3.05) is 0 Å². The molecule has 0 unspecified atom stereocenters. The van der Waals surface area contributed by atoms with Crippen LogP contribution in [0.1, 0.15) is 0 Å². The van der Waals surface area contributed by atoms with E-state index in [0.29, 0.717) is 11.0 Å². The summed E-state index contributed by atoms with van der Waals surface area (Å²) in [6.07, 6.45) is 1.47. The van der Waals surface area contributed by atoms with Crippen LogP contribution in [0.3, 0.4) is 0 Å². The van der Waals surface area contributed by atoms with E-state index in [0.717, 1.165) is 11.7 Å². The average molecular weight is 154 g/mol. The number of aromatic amines is 1. The molecule has 0 aliphatic rings. The van der Waals surface area contributed by atoms with Crippen molar-refractivity contribution in [1.29, 1.82) is 0 Å². The minimum absolute atomic E-state index is 0.286. The predicted octanol–water partition coefficient (Wildman–Crippen LogP) is -0.225. The number of hydrogen-bond donors (Lipinski definition) is 1. The Morgan fingerprint density at radius 2 is 2.40 bits per heavy atom. The van der Waals surface area contributed by atoms with Gasteiger partial charge in [-0.15, -0.1) is 0 Å². The Bertz CT molecular complexity index is 405. The molecule has 10 heavy (non-hydrogen) atoms. The summed E-state index contributed by atoms with van der Waals surface area (Å²) < 4.78 is 7.59. The summed E-state index contributed by atoms with van der Waals surface area (Å²) in [6.45, 7) is 0. The van der Waals surface area contributed by atoms with Crippen LogP contribution in [0.4, 0.5) is 0 Å². The SMILES string of the molecule is O=c1[nH]ncc2nsnc12. The Hall–Kier alpha value is -1.30. The molecule has 0 aliphatic heterocycles. The second-order valence-corrected chi connectivity index (χ2v) is 2.23. The first-order valence-corrected chi connectivity index (χ1v) is 3.27. The second-order valence-electron chi connectivity index (χ2n) is 1.70. The van der Waals surface area contributed by atoms with Crippen LogP contribution in [0, 0.1) is 0 Å². The van der Waals surface area contributed by atoms with Gasteiger partial charge in [0.05, 0.1) is 17.9 Å². The highest BCUT2D eigenvalue weighted by molar-refractivity contribution is 7.00. The maximum absolute atomic E-state index is 10.8. The summed E-state index contributed by atoms with van der Waals surface area (Å²) in [5, 5.41) is 5.81. The summed E-state index contributed by atoms with van der Waals surface area (Å²) >= 11 is 1.01. The van der Waals surface area contributed by atoms with E-state index < -0.39 is 0 Å². The standard InChI is InChI=1S/C4H2N4OS/c9-4-3-2(1-5-6-4)7-10-8-3/h1H,(H,6,9). The van der Waals surface area contributed by atoms with Crippen molar-refractivity contribution in [2.24, 2.45) is 0 Å². The number of rotatable bonds is 0. The lowest BCUT2D eigenvalue weighted by Gasteiger charge is -1.79. The van der Waals surface area contributed by atoms with Gasteiger partial charge in [0.25, 0.3) is 5.56 Å². The molecular weight excluding hydrogens is 152 g/mol. The zero-order valence-corrected chi connectivity index (χ0v) is 5.55. The predicted molar refractivity (Wildman–Crippen MR) is 35.8 cm³/mol. The summed E-state index contributed by atoms with van der Waals surface area (Å²) in [5.41, 5.74) is 0.625. The highest BCUT2D eigenvalue weighted by atomic mass is 32.1. The first-order valence-electron chi connectivity index (χ1n) is 2.54. The fourth-order valence-corrected chi connectivity index (χ4v) is 1.16. The molecule has 2 rings (SSSR count). The lowest BCUT2D eigenvalue weighted by molar-refractivity contribution is 1.01. The van der Waals surface area contributed by atoms with Crippen molar-refractivity contribution in [1.82, 2.24) is 18.9 Å². The lowest BCUT2D eigenvalue weighted by atomic mass is 10.5. The third-order valence-electron chi connectivity index (χ3n) is 1.08. The Morgan fingerprint density at radius 1 is 1.50 bits per heavy atom. The van der Waals surface area contributed by atoms with Gasteiger partial charge in [-0.3, -0.25) is 4.79 Å². The number of fused-ring (bicyclic) bond motifs is 1. The summed E-state index contributed by atoms with van der Waals surface area (Å²) in [5.74, 6) is 0. The van der Waals surface area contributed by atoms with Crippen LogP contribution >= 0.6 is 11.7 Å². The third kappa shape index (κ3) is 0.623. The minimum atomic E-state index is -0.286. The molecule has 0 spiro atoms. The van der Waals surface area contributed by atoms with Crippen LogP contribution in [0.25, 0.3) is 11.0 Å². The van der Waals surface area contributed by atoms with Crippen molar-refractivity contribution >= 4 is 22.8 Å². The van der Waals surface area contributed by atoms with Crippen LogP contribution in [0.5, 0.6) is 0 Å². The van der Waals surface area contributed by atoms with E-state index in [1.165, 1.54) is 6.20 Å². The van der Waals surface area contributed by atoms with Crippen molar-refractivity contribution in [3.63, 3.8) is 0 Å². The van der Waals surface area contributed by atoms with E-state index in [9.17, 15) is 4.79 Å². The molecule has 1 N–H and O–H groups in total. The van der Waals surface area contributed by atoms with Crippen LogP contribution in [-0.2, 0) is 0 Å². The average Bonchev–Trinajstić information content (AvgIpc) is 2.36. The molecule has 2 heterocycles.